The lowest BCUT2D eigenvalue weighted by Gasteiger charge is -2.04. The van der Waals surface area contributed by atoms with Crippen molar-refractivity contribution in [2.45, 2.75) is 6.54 Å². The van der Waals surface area contributed by atoms with Crippen LogP contribution in [0.25, 0.3) is 11.5 Å². The van der Waals surface area contributed by atoms with E-state index >= 15 is 0 Å². The lowest BCUT2D eigenvalue weighted by molar-refractivity contribution is 0.568. The van der Waals surface area contributed by atoms with Crippen molar-refractivity contribution in [1.82, 2.24) is 19.8 Å². The third-order valence-corrected chi connectivity index (χ3v) is 2.92. The Morgan fingerprint density at radius 1 is 1.17 bits per heavy atom. The highest BCUT2D eigenvalue weighted by Crippen LogP contribution is 2.19. The van der Waals surface area contributed by atoms with Crippen LogP contribution < -0.4 is 5.32 Å². The van der Waals surface area contributed by atoms with Gasteiger partial charge in [0.1, 0.15) is 0 Å². The maximum Gasteiger partial charge on any atom is 0.247 e. The van der Waals surface area contributed by atoms with E-state index in [4.69, 9.17) is 4.42 Å². The van der Waals surface area contributed by atoms with Crippen molar-refractivity contribution in [3.63, 3.8) is 0 Å². The number of aromatic nitrogens is 4. The Morgan fingerprint density at radius 2 is 2.06 bits per heavy atom. The molecule has 2 heterocycles. The molecule has 0 saturated carbocycles. The van der Waals surface area contributed by atoms with Crippen molar-refractivity contribution >= 4 is 17.2 Å². The van der Waals surface area contributed by atoms with Gasteiger partial charge in [0, 0.05) is 16.6 Å². The molecule has 0 aliphatic rings. The van der Waals surface area contributed by atoms with E-state index in [1.807, 2.05) is 29.6 Å². The molecule has 3 rings (SSSR count). The fraction of sp³-hybridized carbons (Fsp3) is 0.0909. The number of nitrogens with zero attached hydrogens (tertiary/aromatic N) is 4. The second-order valence-corrected chi connectivity index (χ2v) is 4.18. The molecule has 6 nitrogen and oxygen atoms in total. The average molecular weight is 259 g/mol. The first-order chi connectivity index (χ1) is 8.92. The Balaban J connectivity index is 1.68. The third kappa shape index (κ3) is 2.35. The predicted molar refractivity (Wildman–Crippen MR) is 67.0 cm³/mol. The van der Waals surface area contributed by atoms with Crippen LogP contribution in [-0.2, 0) is 6.54 Å². The summed E-state index contributed by atoms with van der Waals surface area (Å²) < 4.78 is 8.93. The van der Waals surface area contributed by atoms with Gasteiger partial charge in [0.15, 0.2) is 0 Å². The van der Waals surface area contributed by atoms with Gasteiger partial charge in [-0.15, -0.1) is 15.3 Å². The summed E-state index contributed by atoms with van der Waals surface area (Å²) in [5.41, 5.74) is 2.83. The van der Waals surface area contributed by atoms with Gasteiger partial charge in [0.05, 0.1) is 12.2 Å². The smallest absolute Gasteiger partial charge is 0.247 e. The van der Waals surface area contributed by atoms with Gasteiger partial charge in [-0.1, -0.05) is 4.49 Å². The normalized spacial score (nSPS) is 10.4. The molecule has 0 amide bonds. The van der Waals surface area contributed by atoms with E-state index in [1.54, 1.807) is 0 Å². The molecule has 0 saturated heterocycles. The van der Waals surface area contributed by atoms with E-state index in [2.05, 4.69) is 25.1 Å². The van der Waals surface area contributed by atoms with Crippen LogP contribution in [0.15, 0.2) is 40.5 Å². The van der Waals surface area contributed by atoms with Gasteiger partial charge in [-0.25, -0.2) is 0 Å². The SMILES string of the molecule is c1nnc(-c2ccc(NCc3csnn3)cc2)o1. The molecule has 3 aromatic rings. The first-order valence-electron chi connectivity index (χ1n) is 5.28. The highest BCUT2D eigenvalue weighted by atomic mass is 32.1. The van der Waals surface area contributed by atoms with Gasteiger partial charge >= 0.3 is 0 Å². The summed E-state index contributed by atoms with van der Waals surface area (Å²) >= 11 is 1.35. The highest BCUT2D eigenvalue weighted by Gasteiger charge is 2.03. The van der Waals surface area contributed by atoms with Crippen LogP contribution in [0.2, 0.25) is 0 Å². The molecular weight excluding hydrogens is 250 g/mol. The van der Waals surface area contributed by atoms with Crippen molar-refractivity contribution in [3.05, 3.63) is 41.7 Å². The Morgan fingerprint density at radius 3 is 2.72 bits per heavy atom. The van der Waals surface area contributed by atoms with Crippen LogP contribution in [-0.4, -0.2) is 19.8 Å². The van der Waals surface area contributed by atoms with E-state index in [9.17, 15) is 0 Å². The maximum atomic E-state index is 5.12. The molecule has 0 spiro atoms. The summed E-state index contributed by atoms with van der Waals surface area (Å²) in [5.74, 6) is 0.519. The van der Waals surface area contributed by atoms with Gasteiger partial charge in [0.25, 0.3) is 0 Å². The molecule has 1 aromatic carbocycles. The molecular formula is C11H9N5OS. The number of anilines is 1. The van der Waals surface area contributed by atoms with Crippen LogP contribution in [0.3, 0.4) is 0 Å². The van der Waals surface area contributed by atoms with Gasteiger partial charge in [-0.05, 0) is 35.8 Å². The average Bonchev–Trinajstić information content (AvgIpc) is 3.10. The largest absolute Gasteiger partial charge is 0.423 e. The molecule has 18 heavy (non-hydrogen) atoms. The zero-order valence-electron chi connectivity index (χ0n) is 9.28. The van der Waals surface area contributed by atoms with Gasteiger partial charge < -0.3 is 9.73 Å². The minimum Gasteiger partial charge on any atom is -0.423 e. The first kappa shape index (κ1) is 10.8. The first-order valence-corrected chi connectivity index (χ1v) is 6.12. The number of rotatable bonds is 4. The zero-order valence-corrected chi connectivity index (χ0v) is 10.1. The number of nitrogens with one attached hydrogen (secondary N) is 1. The summed E-state index contributed by atoms with van der Waals surface area (Å²) in [6, 6.07) is 7.77. The molecule has 0 radical (unpaired) electrons. The molecule has 0 unspecified atom stereocenters. The van der Waals surface area contributed by atoms with Crippen molar-refractivity contribution in [2.75, 3.05) is 5.32 Å². The monoisotopic (exact) mass is 259 g/mol. The van der Waals surface area contributed by atoms with Gasteiger partial charge in [-0.2, -0.15) is 0 Å². The zero-order chi connectivity index (χ0) is 12.2. The predicted octanol–water partition coefficient (Wildman–Crippen LogP) is 2.20. The van der Waals surface area contributed by atoms with Crippen LogP contribution in [0.4, 0.5) is 5.69 Å². The summed E-state index contributed by atoms with van der Waals surface area (Å²) in [4.78, 5) is 0. The van der Waals surface area contributed by atoms with E-state index < -0.39 is 0 Å². The Bertz CT molecular complexity index is 591. The third-order valence-electron chi connectivity index (χ3n) is 2.37. The highest BCUT2D eigenvalue weighted by molar-refractivity contribution is 7.03. The number of benzene rings is 1. The molecule has 7 heteroatoms. The molecule has 0 aliphatic heterocycles. The van der Waals surface area contributed by atoms with Crippen LogP contribution in [0.1, 0.15) is 5.69 Å². The molecule has 0 bridgehead atoms. The molecule has 1 N–H and O–H groups in total. The van der Waals surface area contributed by atoms with E-state index in [-0.39, 0.29) is 0 Å². The molecule has 0 atom stereocenters. The maximum absolute atomic E-state index is 5.12. The Kier molecular flexibility index (Phi) is 2.97. The molecule has 0 aliphatic carbocycles. The number of hydrogen-bond acceptors (Lipinski definition) is 7. The Labute approximate surface area is 107 Å². The Hall–Kier alpha value is -2.28. The lowest BCUT2D eigenvalue weighted by Crippen LogP contribution is -1.99. The summed E-state index contributed by atoms with van der Waals surface area (Å²) in [7, 11) is 0. The fourth-order valence-corrected chi connectivity index (χ4v) is 1.93. The molecule has 0 fully saturated rings. The van der Waals surface area contributed by atoms with E-state index in [0.29, 0.717) is 12.4 Å². The second kappa shape index (κ2) is 4.92. The minimum absolute atomic E-state index is 0.519. The summed E-state index contributed by atoms with van der Waals surface area (Å²) in [6.07, 6.45) is 1.32. The van der Waals surface area contributed by atoms with E-state index in [1.165, 1.54) is 17.9 Å². The fourth-order valence-electron chi connectivity index (χ4n) is 1.48. The van der Waals surface area contributed by atoms with Crippen molar-refractivity contribution in [1.29, 1.82) is 0 Å². The second-order valence-electron chi connectivity index (χ2n) is 3.57. The summed E-state index contributed by atoms with van der Waals surface area (Å²) in [6.45, 7) is 0.663. The van der Waals surface area contributed by atoms with E-state index in [0.717, 1.165) is 16.9 Å². The van der Waals surface area contributed by atoms with Crippen LogP contribution >= 0.6 is 11.5 Å². The van der Waals surface area contributed by atoms with Crippen molar-refractivity contribution in [2.24, 2.45) is 0 Å². The van der Waals surface area contributed by atoms with Crippen LogP contribution in [0, 0.1) is 0 Å². The molecule has 2 aromatic heterocycles. The molecule has 90 valence electrons. The number of hydrogen-bond donors (Lipinski definition) is 1. The van der Waals surface area contributed by atoms with Gasteiger partial charge in [-0.3, -0.25) is 0 Å². The van der Waals surface area contributed by atoms with Crippen molar-refractivity contribution < 1.29 is 4.42 Å². The topological polar surface area (TPSA) is 76.7 Å². The quantitative estimate of drug-likeness (QED) is 0.774. The minimum atomic E-state index is 0.519. The standard InChI is InChI=1S/C11H9N5OS/c1-3-9(12-5-10-6-18-16-14-10)4-2-8(1)11-15-13-7-17-11/h1-4,6-7,12H,5H2. The van der Waals surface area contributed by atoms with Crippen molar-refractivity contribution in [3.8, 4) is 11.5 Å². The van der Waals surface area contributed by atoms with Gasteiger partial charge in [0.2, 0.25) is 12.3 Å². The summed E-state index contributed by atoms with van der Waals surface area (Å²) in [5, 5.41) is 16.6. The lowest BCUT2D eigenvalue weighted by atomic mass is 10.2. The van der Waals surface area contributed by atoms with Crippen LogP contribution in [0.5, 0.6) is 0 Å².